The maximum Gasteiger partial charge on any atom is 0.304 e. The summed E-state index contributed by atoms with van der Waals surface area (Å²) >= 11 is 0. The second kappa shape index (κ2) is 7.63. The lowest BCUT2D eigenvalue weighted by Crippen LogP contribution is -3.17. The highest BCUT2D eigenvalue weighted by Crippen LogP contribution is 2.20. The molecule has 29 heavy (non-hydrogen) atoms. The number of nitrogens with zero attached hydrogens (tertiary/aromatic N) is 3. The van der Waals surface area contributed by atoms with E-state index in [2.05, 4.69) is 0 Å². The molecule has 2 aromatic carbocycles. The Morgan fingerprint density at radius 1 is 0.897 bits per heavy atom. The number of fused-ring (bicyclic) bond motifs is 2. The standard InChI is InChI=1S/C21H22N4O4/c26-19(17-7-3-1-4-8-17)23-12-11-22-13-21(14-23,25(28)29)15-24(16-22)20(27)18-9-5-2-6-10-18/h1-10H,11-16H2/p+1/t21-/m0/s1. The predicted molar refractivity (Wildman–Crippen MR) is 105 cm³/mol. The van der Waals surface area contributed by atoms with Gasteiger partial charge in [0.1, 0.15) is 6.54 Å². The van der Waals surface area contributed by atoms with Gasteiger partial charge in [-0.3, -0.25) is 24.6 Å². The van der Waals surface area contributed by atoms with Crippen LogP contribution in [0, 0.1) is 10.1 Å². The van der Waals surface area contributed by atoms with Crippen LogP contribution < -0.4 is 4.90 Å². The number of nitro groups is 1. The van der Waals surface area contributed by atoms with E-state index in [-0.39, 0.29) is 29.8 Å². The van der Waals surface area contributed by atoms with Crippen molar-refractivity contribution in [2.24, 2.45) is 0 Å². The Morgan fingerprint density at radius 3 is 1.97 bits per heavy atom. The van der Waals surface area contributed by atoms with E-state index in [0.717, 1.165) is 4.90 Å². The molecule has 2 amide bonds. The molecule has 2 bridgehead atoms. The van der Waals surface area contributed by atoms with Crippen LogP contribution >= 0.6 is 0 Å². The van der Waals surface area contributed by atoms with E-state index in [1.54, 1.807) is 58.3 Å². The maximum absolute atomic E-state index is 13.0. The largest absolute Gasteiger partial charge is 0.325 e. The second-order valence-electron chi connectivity index (χ2n) is 7.78. The Kier molecular flexibility index (Phi) is 5.02. The predicted octanol–water partition coefficient (Wildman–Crippen LogP) is 0.156. The number of benzene rings is 2. The highest BCUT2D eigenvalue weighted by atomic mass is 16.6. The first-order valence-corrected chi connectivity index (χ1v) is 9.65. The highest BCUT2D eigenvalue weighted by Gasteiger charge is 2.56. The topological polar surface area (TPSA) is 88.2 Å². The maximum atomic E-state index is 13.0. The van der Waals surface area contributed by atoms with Gasteiger partial charge < -0.3 is 9.80 Å². The molecule has 0 spiro atoms. The van der Waals surface area contributed by atoms with Crippen LogP contribution in [0.15, 0.2) is 60.7 Å². The minimum atomic E-state index is -1.38. The fraction of sp³-hybridized carbons (Fsp3) is 0.333. The van der Waals surface area contributed by atoms with E-state index in [9.17, 15) is 19.7 Å². The molecule has 4 rings (SSSR count). The third-order valence-corrected chi connectivity index (χ3v) is 5.70. The van der Waals surface area contributed by atoms with E-state index in [1.165, 1.54) is 0 Å². The first-order chi connectivity index (χ1) is 14.0. The number of carbonyl (C=O) groups is 2. The number of amides is 2. The zero-order valence-electron chi connectivity index (χ0n) is 16.0. The van der Waals surface area contributed by atoms with Crippen molar-refractivity contribution in [3.63, 3.8) is 0 Å². The normalized spacial score (nSPS) is 23.9. The van der Waals surface area contributed by atoms with Crippen molar-refractivity contribution in [3.05, 3.63) is 81.9 Å². The van der Waals surface area contributed by atoms with Gasteiger partial charge in [0.25, 0.3) is 11.8 Å². The quantitative estimate of drug-likeness (QED) is 0.592. The third-order valence-electron chi connectivity index (χ3n) is 5.70. The van der Waals surface area contributed by atoms with Gasteiger partial charge in [0.2, 0.25) is 0 Å². The van der Waals surface area contributed by atoms with Gasteiger partial charge in [-0.1, -0.05) is 36.4 Å². The van der Waals surface area contributed by atoms with E-state index >= 15 is 0 Å². The van der Waals surface area contributed by atoms with Crippen molar-refractivity contribution in [1.82, 2.24) is 9.80 Å². The second-order valence-corrected chi connectivity index (χ2v) is 7.78. The minimum Gasteiger partial charge on any atom is -0.325 e. The molecule has 0 aliphatic carbocycles. The molecule has 0 saturated carbocycles. The van der Waals surface area contributed by atoms with Crippen LogP contribution in [0.3, 0.4) is 0 Å². The molecule has 1 unspecified atom stereocenters. The number of hydrogen-bond acceptors (Lipinski definition) is 4. The van der Waals surface area contributed by atoms with Gasteiger partial charge in [-0.2, -0.15) is 0 Å². The first-order valence-electron chi connectivity index (χ1n) is 9.65. The number of carbonyl (C=O) groups excluding carboxylic acids is 2. The molecule has 1 N–H and O–H groups in total. The SMILES string of the molecule is O=C(c1ccccc1)N1CC[NH+]2CN(C(=O)c3ccccc3)C[C@@]([N+](=O)[O-])(C1)C2. The molecule has 2 atom stereocenters. The smallest absolute Gasteiger partial charge is 0.304 e. The fourth-order valence-electron chi connectivity index (χ4n) is 4.28. The summed E-state index contributed by atoms with van der Waals surface area (Å²) in [5.41, 5.74) is -0.342. The summed E-state index contributed by atoms with van der Waals surface area (Å²) in [6, 6.07) is 17.6. The zero-order chi connectivity index (χ0) is 20.4. The lowest BCUT2D eigenvalue weighted by atomic mass is 9.95. The molecule has 0 aromatic heterocycles. The lowest BCUT2D eigenvalue weighted by Gasteiger charge is -2.38. The van der Waals surface area contributed by atoms with Crippen LogP contribution in [0.4, 0.5) is 0 Å². The van der Waals surface area contributed by atoms with Crippen molar-refractivity contribution < 1.29 is 19.4 Å². The van der Waals surface area contributed by atoms with Gasteiger partial charge in [-0.25, -0.2) is 0 Å². The van der Waals surface area contributed by atoms with Crippen LogP contribution in [-0.2, 0) is 0 Å². The van der Waals surface area contributed by atoms with Crippen LogP contribution in [0.2, 0.25) is 0 Å². The Bertz CT molecular complexity index is 871. The molecule has 8 heteroatoms. The van der Waals surface area contributed by atoms with Crippen molar-refractivity contribution in [2.45, 2.75) is 5.54 Å². The molecule has 150 valence electrons. The van der Waals surface area contributed by atoms with Crippen molar-refractivity contribution >= 4 is 11.8 Å². The van der Waals surface area contributed by atoms with E-state index in [0.29, 0.717) is 37.4 Å². The highest BCUT2D eigenvalue weighted by molar-refractivity contribution is 5.95. The molecular weight excluding hydrogens is 372 g/mol. The number of hydrogen-bond donors (Lipinski definition) is 1. The van der Waals surface area contributed by atoms with Gasteiger partial charge in [-0.15, -0.1) is 0 Å². The molecule has 2 fully saturated rings. The number of rotatable bonds is 3. The lowest BCUT2D eigenvalue weighted by molar-refractivity contribution is -0.930. The van der Waals surface area contributed by atoms with Gasteiger partial charge in [-0.05, 0) is 24.3 Å². The molecule has 8 nitrogen and oxygen atoms in total. The molecule has 2 heterocycles. The van der Waals surface area contributed by atoms with E-state index < -0.39 is 5.54 Å². The Labute approximate surface area is 168 Å². The molecule has 2 aromatic rings. The average Bonchev–Trinajstić information content (AvgIpc) is 2.90. The number of quaternary nitrogens is 1. The first kappa shape index (κ1) is 19.1. The van der Waals surface area contributed by atoms with Crippen LogP contribution in [-0.4, -0.2) is 71.5 Å². The minimum absolute atomic E-state index is 0.00417. The monoisotopic (exact) mass is 395 g/mol. The van der Waals surface area contributed by atoms with Gasteiger partial charge >= 0.3 is 5.54 Å². The summed E-state index contributed by atoms with van der Waals surface area (Å²) in [6.45, 7) is 1.68. The molecular formula is C21H23N4O4+. The summed E-state index contributed by atoms with van der Waals surface area (Å²) in [4.78, 5) is 41.9. The molecule has 2 aliphatic heterocycles. The number of nitrogens with one attached hydrogen (secondary N) is 1. The van der Waals surface area contributed by atoms with Crippen LogP contribution in [0.1, 0.15) is 20.7 Å². The van der Waals surface area contributed by atoms with Crippen molar-refractivity contribution in [3.8, 4) is 0 Å². The van der Waals surface area contributed by atoms with Crippen LogP contribution in [0.25, 0.3) is 0 Å². The summed E-state index contributed by atoms with van der Waals surface area (Å²) < 4.78 is 0. The fourth-order valence-corrected chi connectivity index (χ4v) is 4.28. The Balaban J connectivity index is 1.61. The van der Waals surface area contributed by atoms with Crippen molar-refractivity contribution in [1.29, 1.82) is 0 Å². The van der Waals surface area contributed by atoms with Gasteiger partial charge in [0.05, 0.1) is 19.6 Å². The Hall–Kier alpha value is -3.26. The third kappa shape index (κ3) is 3.71. The summed E-state index contributed by atoms with van der Waals surface area (Å²) in [5.74, 6) is -0.419. The molecule has 0 radical (unpaired) electrons. The summed E-state index contributed by atoms with van der Waals surface area (Å²) in [5, 5.41) is 12.2. The van der Waals surface area contributed by atoms with Crippen LogP contribution in [0.5, 0.6) is 0 Å². The summed E-state index contributed by atoms with van der Waals surface area (Å²) in [7, 11) is 0. The van der Waals surface area contributed by atoms with Crippen molar-refractivity contribution in [2.75, 3.05) is 39.4 Å². The molecule has 2 aliphatic rings. The summed E-state index contributed by atoms with van der Waals surface area (Å²) in [6.07, 6.45) is 0. The van der Waals surface area contributed by atoms with Gasteiger partial charge in [0, 0.05) is 16.1 Å². The average molecular weight is 395 g/mol. The van der Waals surface area contributed by atoms with E-state index in [1.807, 2.05) is 12.1 Å². The van der Waals surface area contributed by atoms with Gasteiger partial charge in [0.15, 0.2) is 13.2 Å². The molecule has 2 saturated heterocycles. The Morgan fingerprint density at radius 2 is 1.41 bits per heavy atom. The van der Waals surface area contributed by atoms with E-state index in [4.69, 9.17) is 0 Å². The zero-order valence-corrected chi connectivity index (χ0v) is 16.0.